The Morgan fingerprint density at radius 1 is 1.00 bits per heavy atom. The Bertz CT molecular complexity index is 1310. The lowest BCUT2D eigenvalue weighted by atomic mass is 9.94. The third-order valence-electron chi connectivity index (χ3n) is 9.14. The van der Waals surface area contributed by atoms with Gasteiger partial charge in [-0.25, -0.2) is 15.0 Å². The van der Waals surface area contributed by atoms with E-state index in [1.165, 1.54) is 36.0 Å². The number of piperidine rings is 2. The average molecular weight is 530 g/mol. The topological polar surface area (TPSA) is 79.2 Å². The van der Waals surface area contributed by atoms with E-state index in [-0.39, 0.29) is 11.8 Å². The van der Waals surface area contributed by atoms with E-state index in [9.17, 15) is 4.79 Å². The van der Waals surface area contributed by atoms with Crippen LogP contribution in [0, 0.1) is 25.7 Å². The third-order valence-corrected chi connectivity index (χ3v) is 9.14. The van der Waals surface area contributed by atoms with Gasteiger partial charge in [0.15, 0.2) is 17.0 Å². The molecular formula is C31H43N7O. The van der Waals surface area contributed by atoms with E-state index in [0.29, 0.717) is 12.5 Å². The first-order valence-corrected chi connectivity index (χ1v) is 15.1. The highest BCUT2D eigenvalue weighted by molar-refractivity contribution is 5.85. The van der Waals surface area contributed by atoms with Crippen molar-refractivity contribution in [3.63, 3.8) is 0 Å². The second-order valence-corrected chi connectivity index (χ2v) is 12.0. The summed E-state index contributed by atoms with van der Waals surface area (Å²) in [6.45, 7) is 11.0. The predicted molar refractivity (Wildman–Crippen MR) is 155 cm³/mol. The molecule has 1 N–H and O–H groups in total. The summed E-state index contributed by atoms with van der Waals surface area (Å²) >= 11 is 0. The molecule has 3 aromatic rings. The molecule has 0 bridgehead atoms. The van der Waals surface area contributed by atoms with E-state index in [2.05, 4.69) is 61.7 Å². The summed E-state index contributed by atoms with van der Waals surface area (Å²) in [5.74, 6) is 2.79. The fourth-order valence-electron chi connectivity index (χ4n) is 6.69. The molecule has 3 aliphatic rings. The molecule has 1 atom stereocenters. The van der Waals surface area contributed by atoms with Crippen LogP contribution in [-0.2, 0) is 24.3 Å². The van der Waals surface area contributed by atoms with Crippen molar-refractivity contribution in [2.75, 3.05) is 37.6 Å². The van der Waals surface area contributed by atoms with Crippen LogP contribution in [0.15, 0.2) is 24.5 Å². The summed E-state index contributed by atoms with van der Waals surface area (Å²) in [5, 5.41) is 3.32. The molecule has 0 aliphatic carbocycles. The SMILES string of the molecule is Cc1ccc(C)c(CN2CCC(CNC(=O)[C@H]3CCCN(c4ncnc5c4nc4n5CCCCC4)C3)CC2)c1. The molecule has 8 nitrogen and oxygen atoms in total. The first-order valence-electron chi connectivity index (χ1n) is 15.1. The number of aromatic nitrogens is 4. The molecule has 1 amide bonds. The highest BCUT2D eigenvalue weighted by Crippen LogP contribution is 2.29. The molecule has 3 aliphatic heterocycles. The minimum atomic E-state index is -0.00594. The number of hydrogen-bond donors (Lipinski definition) is 1. The Labute approximate surface area is 232 Å². The standard InChI is InChI=1S/C31H43N7O/c1-22-9-10-23(2)26(17-22)19-36-15-11-24(12-16-36)18-32-31(39)25-7-6-13-37(20-25)29-28-30(34-21-33-29)38-14-5-3-4-8-27(38)35-28/h9-10,17,21,24-25H,3-8,11-16,18-20H2,1-2H3,(H,32,39)/t25-/m0/s1. The molecule has 5 heterocycles. The van der Waals surface area contributed by atoms with Gasteiger partial charge in [-0.05, 0) is 82.5 Å². The molecule has 1 aromatic carbocycles. The highest BCUT2D eigenvalue weighted by atomic mass is 16.1. The van der Waals surface area contributed by atoms with Gasteiger partial charge in [-0.3, -0.25) is 9.69 Å². The van der Waals surface area contributed by atoms with Crippen LogP contribution >= 0.6 is 0 Å². The lowest BCUT2D eigenvalue weighted by Crippen LogP contribution is -2.45. The van der Waals surface area contributed by atoms with Crippen LogP contribution in [0.1, 0.15) is 67.5 Å². The Kier molecular flexibility index (Phi) is 7.82. The van der Waals surface area contributed by atoms with Gasteiger partial charge in [0.1, 0.15) is 12.2 Å². The van der Waals surface area contributed by atoms with Crippen LogP contribution in [0.25, 0.3) is 11.2 Å². The molecule has 8 heteroatoms. The van der Waals surface area contributed by atoms with E-state index in [0.717, 1.165) is 94.2 Å². The number of imidazole rings is 1. The monoisotopic (exact) mass is 529 g/mol. The second-order valence-electron chi connectivity index (χ2n) is 12.0. The maximum Gasteiger partial charge on any atom is 0.224 e. The molecular weight excluding hydrogens is 486 g/mol. The zero-order valence-corrected chi connectivity index (χ0v) is 23.7. The Morgan fingerprint density at radius 3 is 2.74 bits per heavy atom. The Hall–Kier alpha value is -3.00. The Balaban J connectivity index is 1.02. The fraction of sp³-hybridized carbons (Fsp3) is 0.613. The smallest absolute Gasteiger partial charge is 0.224 e. The van der Waals surface area contributed by atoms with Crippen molar-refractivity contribution in [1.29, 1.82) is 0 Å². The molecule has 6 rings (SSSR count). The molecule has 2 aromatic heterocycles. The third kappa shape index (κ3) is 5.81. The van der Waals surface area contributed by atoms with Crippen LogP contribution in [0.4, 0.5) is 5.82 Å². The number of anilines is 1. The maximum absolute atomic E-state index is 13.3. The largest absolute Gasteiger partial charge is 0.356 e. The van der Waals surface area contributed by atoms with Crippen LogP contribution in [0.2, 0.25) is 0 Å². The lowest BCUT2D eigenvalue weighted by molar-refractivity contribution is -0.125. The minimum absolute atomic E-state index is 0.00594. The van der Waals surface area contributed by atoms with Gasteiger partial charge in [0.2, 0.25) is 5.91 Å². The number of nitrogens with zero attached hydrogens (tertiary/aromatic N) is 6. The molecule has 0 unspecified atom stereocenters. The lowest BCUT2D eigenvalue weighted by Gasteiger charge is -2.34. The summed E-state index contributed by atoms with van der Waals surface area (Å²) in [4.78, 5) is 32.3. The zero-order chi connectivity index (χ0) is 26.8. The normalized spacial score (nSPS) is 21.1. The summed E-state index contributed by atoms with van der Waals surface area (Å²) in [5.41, 5.74) is 6.01. The number of rotatable bonds is 6. The van der Waals surface area contributed by atoms with E-state index in [1.54, 1.807) is 6.33 Å². The van der Waals surface area contributed by atoms with Crippen molar-refractivity contribution in [3.05, 3.63) is 47.0 Å². The number of carbonyl (C=O) groups is 1. The van der Waals surface area contributed by atoms with E-state index in [1.807, 2.05) is 0 Å². The molecule has 2 saturated heterocycles. The van der Waals surface area contributed by atoms with E-state index >= 15 is 0 Å². The minimum Gasteiger partial charge on any atom is -0.356 e. The molecule has 0 spiro atoms. The van der Waals surface area contributed by atoms with Gasteiger partial charge in [-0.1, -0.05) is 30.2 Å². The van der Waals surface area contributed by atoms with Crippen molar-refractivity contribution in [1.82, 2.24) is 29.7 Å². The van der Waals surface area contributed by atoms with E-state index in [4.69, 9.17) is 4.98 Å². The average Bonchev–Trinajstić information content (AvgIpc) is 3.15. The number of amides is 1. The first kappa shape index (κ1) is 26.2. The van der Waals surface area contributed by atoms with Crippen molar-refractivity contribution < 1.29 is 4.79 Å². The van der Waals surface area contributed by atoms with Gasteiger partial charge in [-0.2, -0.15) is 0 Å². The molecule has 0 radical (unpaired) electrons. The number of nitrogens with one attached hydrogen (secondary N) is 1. The second kappa shape index (κ2) is 11.6. The van der Waals surface area contributed by atoms with E-state index < -0.39 is 0 Å². The van der Waals surface area contributed by atoms with Crippen LogP contribution in [0.3, 0.4) is 0 Å². The highest BCUT2D eigenvalue weighted by Gasteiger charge is 2.30. The predicted octanol–water partition coefficient (Wildman–Crippen LogP) is 4.41. The molecule has 39 heavy (non-hydrogen) atoms. The zero-order valence-electron chi connectivity index (χ0n) is 23.7. The van der Waals surface area contributed by atoms with Gasteiger partial charge in [0.25, 0.3) is 0 Å². The quantitative estimate of drug-likeness (QED) is 0.510. The van der Waals surface area contributed by atoms with Gasteiger partial charge in [-0.15, -0.1) is 0 Å². The summed E-state index contributed by atoms with van der Waals surface area (Å²) in [7, 11) is 0. The summed E-state index contributed by atoms with van der Waals surface area (Å²) in [6.07, 6.45) is 10.5. The first-order chi connectivity index (χ1) is 19.0. The van der Waals surface area contributed by atoms with Crippen LogP contribution < -0.4 is 10.2 Å². The number of carbonyl (C=O) groups excluding carboxylic acids is 1. The fourth-order valence-corrected chi connectivity index (χ4v) is 6.69. The van der Waals surface area contributed by atoms with Crippen molar-refractivity contribution in [2.24, 2.45) is 11.8 Å². The van der Waals surface area contributed by atoms with Gasteiger partial charge >= 0.3 is 0 Å². The van der Waals surface area contributed by atoms with Gasteiger partial charge < -0.3 is 14.8 Å². The van der Waals surface area contributed by atoms with Crippen LogP contribution in [-0.4, -0.2) is 63.0 Å². The van der Waals surface area contributed by atoms with Crippen molar-refractivity contribution in [2.45, 2.75) is 78.3 Å². The van der Waals surface area contributed by atoms with Gasteiger partial charge in [0.05, 0.1) is 5.92 Å². The van der Waals surface area contributed by atoms with Crippen molar-refractivity contribution >= 4 is 22.9 Å². The van der Waals surface area contributed by atoms with Crippen LogP contribution in [0.5, 0.6) is 0 Å². The maximum atomic E-state index is 13.3. The van der Waals surface area contributed by atoms with Gasteiger partial charge in [0, 0.05) is 39.1 Å². The number of hydrogen-bond acceptors (Lipinski definition) is 6. The molecule has 2 fully saturated rings. The molecule has 0 saturated carbocycles. The number of likely N-dealkylation sites (tertiary alicyclic amines) is 1. The molecule has 208 valence electrons. The summed E-state index contributed by atoms with van der Waals surface area (Å²) < 4.78 is 2.29. The summed E-state index contributed by atoms with van der Waals surface area (Å²) in [6, 6.07) is 6.75. The number of aryl methyl sites for hydroxylation is 4. The number of benzene rings is 1. The van der Waals surface area contributed by atoms with Crippen molar-refractivity contribution in [3.8, 4) is 0 Å². The number of fused-ring (bicyclic) bond motifs is 3. The Morgan fingerprint density at radius 2 is 1.87 bits per heavy atom.